The Hall–Kier alpha value is -0.680. The van der Waals surface area contributed by atoms with E-state index in [-0.39, 0.29) is 0 Å². The number of nitrogens with one attached hydrogen (secondary N) is 1. The number of anilines is 1. The Kier molecular flexibility index (Phi) is 4.82. The van der Waals surface area contributed by atoms with Gasteiger partial charge in [-0.25, -0.2) is 9.97 Å². The first-order chi connectivity index (χ1) is 6.68. The fraction of sp³-hybridized carbons (Fsp3) is 0.556. The van der Waals surface area contributed by atoms with E-state index in [0.29, 0.717) is 0 Å². The van der Waals surface area contributed by atoms with Crippen LogP contribution in [0.4, 0.5) is 5.82 Å². The van der Waals surface area contributed by atoms with Crippen molar-refractivity contribution in [3.8, 4) is 0 Å². The highest BCUT2D eigenvalue weighted by Gasteiger charge is 1.94. The maximum Gasteiger partial charge on any atom is 0.144 e. The van der Waals surface area contributed by atoms with Gasteiger partial charge in [-0.15, -0.1) is 0 Å². The molecule has 0 unspecified atom stereocenters. The number of aromatic nitrogens is 2. The second kappa shape index (κ2) is 5.93. The molecule has 1 N–H and O–H groups in total. The number of halogens is 1. The molecule has 5 heteroatoms. The Bertz CT molecular complexity index is 260. The summed E-state index contributed by atoms with van der Waals surface area (Å²) in [6, 6.07) is 0. The van der Waals surface area contributed by atoms with Gasteiger partial charge in [-0.3, -0.25) is 0 Å². The average molecular weight is 259 g/mol. The minimum absolute atomic E-state index is 0.761. The molecule has 0 bridgehead atoms. The lowest BCUT2D eigenvalue weighted by atomic mass is 10.4. The third-order valence-corrected chi connectivity index (χ3v) is 2.12. The molecule has 0 atom stereocenters. The zero-order chi connectivity index (χ0) is 10.4. The summed E-state index contributed by atoms with van der Waals surface area (Å²) in [4.78, 5) is 10.4. The zero-order valence-electron chi connectivity index (χ0n) is 8.50. The van der Waals surface area contributed by atoms with Crippen molar-refractivity contribution < 1.29 is 0 Å². The number of hydrogen-bond acceptors (Lipinski definition) is 4. The van der Waals surface area contributed by atoms with Crippen molar-refractivity contribution in [3.05, 3.63) is 17.0 Å². The van der Waals surface area contributed by atoms with Gasteiger partial charge in [-0.1, -0.05) is 0 Å². The largest absolute Gasteiger partial charge is 0.369 e. The van der Waals surface area contributed by atoms with Crippen LogP contribution in [-0.2, 0) is 0 Å². The molecule has 0 aromatic carbocycles. The van der Waals surface area contributed by atoms with E-state index in [1.165, 1.54) is 0 Å². The van der Waals surface area contributed by atoms with Gasteiger partial charge in [0.25, 0.3) is 0 Å². The van der Waals surface area contributed by atoms with Crippen molar-refractivity contribution >= 4 is 21.7 Å². The monoisotopic (exact) mass is 258 g/mol. The van der Waals surface area contributed by atoms with Crippen LogP contribution in [0.2, 0.25) is 0 Å². The topological polar surface area (TPSA) is 41.0 Å². The SMILES string of the molecule is CN(C)CCCNc1cnc(Br)cn1. The molecule has 0 saturated heterocycles. The van der Waals surface area contributed by atoms with E-state index in [0.717, 1.165) is 29.9 Å². The summed E-state index contributed by atoms with van der Waals surface area (Å²) >= 11 is 3.24. The van der Waals surface area contributed by atoms with Gasteiger partial charge in [0.2, 0.25) is 0 Å². The van der Waals surface area contributed by atoms with Crippen molar-refractivity contribution in [2.75, 3.05) is 32.5 Å². The summed E-state index contributed by atoms with van der Waals surface area (Å²) in [6.07, 6.45) is 4.51. The third-order valence-electron chi connectivity index (χ3n) is 1.71. The van der Waals surface area contributed by atoms with Gasteiger partial charge >= 0.3 is 0 Å². The second-order valence-corrected chi connectivity index (χ2v) is 4.12. The molecule has 1 aromatic heterocycles. The van der Waals surface area contributed by atoms with E-state index < -0.39 is 0 Å². The van der Waals surface area contributed by atoms with Crippen molar-refractivity contribution in [2.24, 2.45) is 0 Å². The maximum absolute atomic E-state index is 4.16. The molecule has 78 valence electrons. The fourth-order valence-electron chi connectivity index (χ4n) is 1.02. The first-order valence-corrected chi connectivity index (χ1v) is 5.34. The third kappa shape index (κ3) is 4.53. The first-order valence-electron chi connectivity index (χ1n) is 4.54. The smallest absolute Gasteiger partial charge is 0.144 e. The van der Waals surface area contributed by atoms with E-state index in [1.807, 2.05) is 0 Å². The van der Waals surface area contributed by atoms with E-state index in [9.17, 15) is 0 Å². The van der Waals surface area contributed by atoms with Gasteiger partial charge in [0, 0.05) is 6.54 Å². The molecule has 0 radical (unpaired) electrons. The van der Waals surface area contributed by atoms with Crippen molar-refractivity contribution in [1.29, 1.82) is 0 Å². The molecule has 1 rings (SSSR count). The molecular weight excluding hydrogens is 244 g/mol. The normalized spacial score (nSPS) is 10.6. The van der Waals surface area contributed by atoms with E-state index >= 15 is 0 Å². The minimum atomic E-state index is 0.761. The van der Waals surface area contributed by atoms with Crippen LogP contribution in [0.1, 0.15) is 6.42 Å². The standard InChI is InChI=1S/C9H15BrN4/c1-14(2)5-3-4-11-9-7-12-8(10)6-13-9/h6-7H,3-5H2,1-2H3,(H,11,13). The molecule has 0 aliphatic carbocycles. The van der Waals surface area contributed by atoms with Crippen molar-refractivity contribution in [2.45, 2.75) is 6.42 Å². The number of nitrogens with zero attached hydrogens (tertiary/aromatic N) is 3. The Morgan fingerprint density at radius 3 is 2.71 bits per heavy atom. The molecule has 1 heterocycles. The molecule has 0 spiro atoms. The summed E-state index contributed by atoms with van der Waals surface area (Å²) in [5.74, 6) is 0.826. The van der Waals surface area contributed by atoms with Crippen LogP contribution in [-0.4, -0.2) is 42.1 Å². The number of hydrogen-bond donors (Lipinski definition) is 1. The predicted molar refractivity (Wildman–Crippen MR) is 61.4 cm³/mol. The lowest BCUT2D eigenvalue weighted by Gasteiger charge is -2.09. The molecule has 0 fully saturated rings. The van der Waals surface area contributed by atoms with Gasteiger partial charge < -0.3 is 10.2 Å². The zero-order valence-corrected chi connectivity index (χ0v) is 10.1. The lowest BCUT2D eigenvalue weighted by molar-refractivity contribution is 0.405. The lowest BCUT2D eigenvalue weighted by Crippen LogP contribution is -2.16. The first kappa shape index (κ1) is 11.4. The Morgan fingerprint density at radius 2 is 2.14 bits per heavy atom. The fourth-order valence-corrected chi connectivity index (χ4v) is 1.22. The Labute approximate surface area is 92.9 Å². The highest BCUT2D eigenvalue weighted by atomic mass is 79.9. The summed E-state index contributed by atoms with van der Waals surface area (Å²) < 4.78 is 0.761. The van der Waals surface area contributed by atoms with Gasteiger partial charge in [-0.05, 0) is 43.0 Å². The van der Waals surface area contributed by atoms with E-state index in [4.69, 9.17) is 0 Å². The maximum atomic E-state index is 4.16. The van der Waals surface area contributed by atoms with Crippen LogP contribution in [0.3, 0.4) is 0 Å². The Balaban J connectivity index is 2.21. The van der Waals surface area contributed by atoms with Gasteiger partial charge in [0.1, 0.15) is 10.4 Å². The molecule has 1 aromatic rings. The van der Waals surface area contributed by atoms with Crippen LogP contribution < -0.4 is 5.32 Å². The van der Waals surface area contributed by atoms with Crippen LogP contribution in [0.25, 0.3) is 0 Å². The van der Waals surface area contributed by atoms with E-state index in [1.54, 1.807) is 12.4 Å². The highest BCUT2D eigenvalue weighted by Crippen LogP contribution is 2.05. The quantitative estimate of drug-likeness (QED) is 0.815. The summed E-state index contributed by atoms with van der Waals surface area (Å²) in [7, 11) is 4.14. The predicted octanol–water partition coefficient (Wildman–Crippen LogP) is 1.60. The van der Waals surface area contributed by atoms with Gasteiger partial charge in [-0.2, -0.15) is 0 Å². The van der Waals surface area contributed by atoms with Gasteiger partial charge in [0.15, 0.2) is 0 Å². The number of rotatable bonds is 5. The molecule has 0 amide bonds. The van der Waals surface area contributed by atoms with Crippen LogP contribution >= 0.6 is 15.9 Å². The van der Waals surface area contributed by atoms with Crippen molar-refractivity contribution in [1.82, 2.24) is 14.9 Å². The summed E-state index contributed by atoms with van der Waals surface area (Å²) in [5, 5.41) is 3.21. The highest BCUT2D eigenvalue weighted by molar-refractivity contribution is 9.10. The van der Waals surface area contributed by atoms with Crippen LogP contribution in [0.15, 0.2) is 17.0 Å². The van der Waals surface area contributed by atoms with Crippen LogP contribution in [0.5, 0.6) is 0 Å². The molecule has 0 aliphatic heterocycles. The Morgan fingerprint density at radius 1 is 1.36 bits per heavy atom. The van der Waals surface area contributed by atoms with Gasteiger partial charge in [0.05, 0.1) is 12.4 Å². The summed E-state index contributed by atoms with van der Waals surface area (Å²) in [6.45, 7) is 2.01. The molecule has 0 aliphatic rings. The van der Waals surface area contributed by atoms with Crippen molar-refractivity contribution in [3.63, 3.8) is 0 Å². The summed E-state index contributed by atoms with van der Waals surface area (Å²) in [5.41, 5.74) is 0. The molecule has 4 nitrogen and oxygen atoms in total. The van der Waals surface area contributed by atoms with Crippen LogP contribution in [0, 0.1) is 0 Å². The average Bonchev–Trinajstić information content (AvgIpc) is 2.15. The molecular formula is C9H15BrN4. The minimum Gasteiger partial charge on any atom is -0.369 e. The van der Waals surface area contributed by atoms with E-state index in [2.05, 4.69) is 50.2 Å². The molecule has 14 heavy (non-hydrogen) atoms. The molecule has 0 saturated carbocycles. The second-order valence-electron chi connectivity index (χ2n) is 3.31.